The quantitative estimate of drug-likeness (QED) is 0.355. The van der Waals surface area contributed by atoms with Gasteiger partial charge in [0, 0.05) is 5.02 Å². The van der Waals surface area contributed by atoms with Crippen LogP contribution in [0.15, 0.2) is 54.8 Å². The van der Waals surface area contributed by atoms with Crippen LogP contribution in [0.25, 0.3) is 5.57 Å². The molecule has 146 valence electrons. The number of carbonyl (C=O) groups is 2. The van der Waals surface area contributed by atoms with E-state index in [1.807, 2.05) is 0 Å². The molecule has 28 heavy (non-hydrogen) atoms. The van der Waals surface area contributed by atoms with Gasteiger partial charge in [-0.15, -0.1) is 0 Å². The molecule has 0 fully saturated rings. The summed E-state index contributed by atoms with van der Waals surface area (Å²) in [6.45, 7) is 5.34. The Morgan fingerprint density at radius 1 is 1.25 bits per heavy atom. The van der Waals surface area contributed by atoms with Gasteiger partial charge in [0.15, 0.2) is 17.5 Å². The predicted octanol–water partition coefficient (Wildman–Crippen LogP) is 3.36. The Bertz CT molecular complexity index is 960. The van der Waals surface area contributed by atoms with E-state index < -0.39 is 23.7 Å². The third-order valence-corrected chi connectivity index (χ3v) is 4.00. The third-order valence-electron chi connectivity index (χ3n) is 3.75. The van der Waals surface area contributed by atoms with Crippen molar-refractivity contribution >= 4 is 29.1 Å². The fraction of sp³-hybridized carbons (Fsp3) is 0.105. The third kappa shape index (κ3) is 4.80. The lowest BCUT2D eigenvalue weighted by Gasteiger charge is -2.14. The number of aromatic amines is 1. The highest BCUT2D eigenvalue weighted by Gasteiger charge is 2.26. The van der Waals surface area contributed by atoms with Crippen LogP contribution in [0.3, 0.4) is 0 Å². The number of aromatic nitrogens is 2. The number of allylic oxidation sites excluding steroid dienone is 4. The fourth-order valence-corrected chi connectivity index (χ4v) is 2.35. The zero-order valence-corrected chi connectivity index (χ0v) is 15.6. The Kier molecular flexibility index (Phi) is 6.62. The van der Waals surface area contributed by atoms with Gasteiger partial charge in [0.2, 0.25) is 0 Å². The first-order valence-corrected chi connectivity index (χ1v) is 8.41. The minimum atomic E-state index is -1.36. The zero-order chi connectivity index (χ0) is 20.8. The number of H-pyrrole nitrogens is 1. The minimum absolute atomic E-state index is 0.0105. The molecule has 2 aromatic rings. The Hall–Kier alpha value is -3.52. The number of aliphatic carboxylic acids is 1. The number of aliphatic hydroxyl groups is 1. The van der Waals surface area contributed by atoms with Crippen LogP contribution in [0.1, 0.15) is 34.7 Å². The number of carbonyl (C=O) groups excluding carboxylic acids is 1. The molecule has 0 bridgehead atoms. The number of halogens is 1. The Morgan fingerprint density at radius 2 is 1.89 bits per heavy atom. The highest BCUT2D eigenvalue weighted by Crippen LogP contribution is 2.27. The molecule has 1 amide bonds. The summed E-state index contributed by atoms with van der Waals surface area (Å²) in [7, 11) is 0. The number of benzene rings is 1. The van der Waals surface area contributed by atoms with Crippen molar-refractivity contribution in [3.05, 3.63) is 76.8 Å². The monoisotopic (exact) mass is 403 g/mol. The molecule has 1 heterocycles. The van der Waals surface area contributed by atoms with Gasteiger partial charge in [-0.2, -0.15) is 5.10 Å². The van der Waals surface area contributed by atoms with E-state index in [-0.39, 0.29) is 22.7 Å². The van der Waals surface area contributed by atoms with E-state index in [4.69, 9.17) is 11.6 Å². The van der Waals surface area contributed by atoms with Crippen molar-refractivity contribution in [3.8, 4) is 5.75 Å². The predicted molar refractivity (Wildman–Crippen MR) is 104 cm³/mol. The van der Waals surface area contributed by atoms with Gasteiger partial charge < -0.3 is 20.6 Å². The van der Waals surface area contributed by atoms with Gasteiger partial charge in [-0.05, 0) is 48.4 Å². The average Bonchev–Trinajstić information content (AvgIpc) is 3.05. The number of nitrogens with zero attached hydrogens (tertiary/aromatic N) is 1. The molecule has 2 rings (SSSR count). The molecule has 9 heteroatoms. The molecule has 1 aromatic carbocycles. The van der Waals surface area contributed by atoms with Gasteiger partial charge in [0.1, 0.15) is 11.5 Å². The summed E-state index contributed by atoms with van der Waals surface area (Å²) in [5.41, 5.74) is 0.205. The van der Waals surface area contributed by atoms with Crippen molar-refractivity contribution < 1.29 is 24.9 Å². The number of amides is 1. The van der Waals surface area contributed by atoms with Crippen LogP contribution >= 0.6 is 11.6 Å². The SMILES string of the molecule is C=C(/C=C\C(O)=C/C)c1n[nH]c(C(=O)NC(C(=O)O)c2ccc(Cl)cc2)c1O. The lowest BCUT2D eigenvalue weighted by molar-refractivity contribution is -0.139. The average molecular weight is 404 g/mol. The first kappa shape index (κ1) is 20.8. The van der Waals surface area contributed by atoms with Crippen molar-refractivity contribution in [3.63, 3.8) is 0 Å². The van der Waals surface area contributed by atoms with Gasteiger partial charge >= 0.3 is 5.97 Å². The largest absolute Gasteiger partial charge is 0.508 e. The number of carboxylic acids is 1. The normalized spacial score (nSPS) is 12.7. The van der Waals surface area contributed by atoms with Gasteiger partial charge in [-0.3, -0.25) is 9.89 Å². The van der Waals surface area contributed by atoms with Crippen molar-refractivity contribution in [1.82, 2.24) is 15.5 Å². The standard InChI is InChI=1S/C19H18ClN3O5/c1-3-13(24)9-4-10(2)14-17(25)16(23-22-14)18(26)21-15(19(27)28)11-5-7-12(20)8-6-11/h3-9,15,24-25H,2H2,1H3,(H,21,26)(H,22,23)(H,27,28)/b9-4-,13-3+. The van der Waals surface area contributed by atoms with Crippen molar-refractivity contribution in [2.45, 2.75) is 13.0 Å². The molecule has 1 aromatic heterocycles. The Labute approximate surface area is 165 Å². The van der Waals surface area contributed by atoms with Crippen LogP contribution in [0.4, 0.5) is 0 Å². The maximum Gasteiger partial charge on any atom is 0.330 e. The highest BCUT2D eigenvalue weighted by molar-refractivity contribution is 6.30. The first-order chi connectivity index (χ1) is 13.2. The maximum absolute atomic E-state index is 12.4. The number of hydrogen-bond donors (Lipinski definition) is 5. The second-order valence-electron chi connectivity index (χ2n) is 5.66. The minimum Gasteiger partial charge on any atom is -0.508 e. The lowest BCUT2D eigenvalue weighted by Crippen LogP contribution is -2.34. The summed E-state index contributed by atoms with van der Waals surface area (Å²) in [5.74, 6) is -2.66. The van der Waals surface area contributed by atoms with E-state index in [0.717, 1.165) is 0 Å². The molecule has 1 unspecified atom stereocenters. The van der Waals surface area contributed by atoms with Crippen LogP contribution in [-0.2, 0) is 4.79 Å². The van der Waals surface area contributed by atoms with E-state index in [9.17, 15) is 24.9 Å². The van der Waals surface area contributed by atoms with Crippen LogP contribution in [0.2, 0.25) is 5.02 Å². The molecular weight excluding hydrogens is 386 g/mol. The Balaban J connectivity index is 2.23. The number of hydrogen-bond acceptors (Lipinski definition) is 5. The van der Waals surface area contributed by atoms with Crippen LogP contribution < -0.4 is 5.32 Å². The van der Waals surface area contributed by atoms with E-state index in [1.165, 1.54) is 42.5 Å². The highest BCUT2D eigenvalue weighted by atomic mass is 35.5. The molecule has 8 nitrogen and oxygen atoms in total. The molecule has 0 saturated carbocycles. The summed E-state index contributed by atoms with van der Waals surface area (Å²) in [6, 6.07) is 4.59. The van der Waals surface area contributed by atoms with Gasteiger partial charge in [0.25, 0.3) is 5.91 Å². The zero-order valence-electron chi connectivity index (χ0n) is 14.8. The number of nitrogens with one attached hydrogen (secondary N) is 2. The molecule has 0 saturated heterocycles. The lowest BCUT2D eigenvalue weighted by atomic mass is 10.1. The van der Waals surface area contributed by atoms with Crippen LogP contribution in [-0.4, -0.2) is 37.4 Å². The van der Waals surface area contributed by atoms with E-state index in [0.29, 0.717) is 10.6 Å². The van der Waals surface area contributed by atoms with Crippen molar-refractivity contribution in [2.75, 3.05) is 0 Å². The number of rotatable bonds is 7. The van der Waals surface area contributed by atoms with Gasteiger partial charge in [-0.25, -0.2) is 4.79 Å². The number of aromatic hydroxyl groups is 1. The molecule has 0 aliphatic carbocycles. The van der Waals surface area contributed by atoms with E-state index in [1.54, 1.807) is 6.92 Å². The molecular formula is C19H18ClN3O5. The number of aliphatic hydroxyl groups excluding tert-OH is 1. The molecule has 0 aliphatic heterocycles. The molecule has 1 atom stereocenters. The second-order valence-corrected chi connectivity index (χ2v) is 6.10. The molecule has 0 radical (unpaired) electrons. The summed E-state index contributed by atoms with van der Waals surface area (Å²) < 4.78 is 0. The summed E-state index contributed by atoms with van der Waals surface area (Å²) in [5, 5.41) is 38.0. The van der Waals surface area contributed by atoms with Gasteiger partial charge in [0.05, 0.1) is 0 Å². The second kappa shape index (κ2) is 8.92. The Morgan fingerprint density at radius 3 is 2.46 bits per heavy atom. The maximum atomic E-state index is 12.4. The topological polar surface area (TPSA) is 136 Å². The molecule has 5 N–H and O–H groups in total. The van der Waals surface area contributed by atoms with Crippen molar-refractivity contribution in [2.24, 2.45) is 0 Å². The molecule has 0 aliphatic rings. The fourth-order valence-electron chi connectivity index (χ4n) is 2.23. The van der Waals surface area contributed by atoms with Crippen LogP contribution in [0, 0.1) is 0 Å². The number of carboxylic acid groups (broad SMARTS) is 1. The van der Waals surface area contributed by atoms with Gasteiger partial charge in [-0.1, -0.05) is 30.3 Å². The summed E-state index contributed by atoms with van der Waals surface area (Å²) in [4.78, 5) is 24.0. The van der Waals surface area contributed by atoms with Crippen LogP contribution in [0.5, 0.6) is 5.75 Å². The van der Waals surface area contributed by atoms with Crippen molar-refractivity contribution in [1.29, 1.82) is 0 Å². The smallest absolute Gasteiger partial charge is 0.330 e. The molecule has 0 spiro atoms. The van der Waals surface area contributed by atoms with E-state index in [2.05, 4.69) is 22.1 Å². The van der Waals surface area contributed by atoms with E-state index >= 15 is 0 Å². The summed E-state index contributed by atoms with van der Waals surface area (Å²) >= 11 is 5.79. The first-order valence-electron chi connectivity index (χ1n) is 8.03. The summed E-state index contributed by atoms with van der Waals surface area (Å²) in [6.07, 6.45) is 4.20.